The topological polar surface area (TPSA) is 57.6 Å². The molecule has 1 N–H and O–H groups in total. The van der Waals surface area contributed by atoms with Crippen LogP contribution >= 0.6 is 11.3 Å². The van der Waals surface area contributed by atoms with Gasteiger partial charge in [0.2, 0.25) is 0 Å². The predicted octanol–water partition coefficient (Wildman–Crippen LogP) is 3.08. The molecule has 1 aliphatic rings. The molecule has 110 valence electrons. The number of benzene rings is 1. The number of carboxylic acids is 1. The van der Waals surface area contributed by atoms with Gasteiger partial charge in [-0.3, -0.25) is 9.59 Å². The normalized spacial score (nSPS) is 22.4. The van der Waals surface area contributed by atoms with Crippen molar-refractivity contribution >= 4 is 33.3 Å². The number of hydrogen-bond acceptors (Lipinski definition) is 3. The quantitative estimate of drug-likeness (QED) is 0.927. The molecule has 4 nitrogen and oxygen atoms in total. The summed E-state index contributed by atoms with van der Waals surface area (Å²) < 4.78 is 1.15. The Kier molecular flexibility index (Phi) is 3.68. The molecule has 5 heteroatoms. The first-order valence-corrected chi connectivity index (χ1v) is 7.92. The van der Waals surface area contributed by atoms with Crippen LogP contribution in [-0.4, -0.2) is 35.0 Å². The molecule has 1 aliphatic heterocycles. The third-order valence-corrected chi connectivity index (χ3v) is 4.89. The second-order valence-corrected chi connectivity index (χ2v) is 6.71. The first-order chi connectivity index (χ1) is 10.0. The van der Waals surface area contributed by atoms with Crippen LogP contribution in [0.15, 0.2) is 29.6 Å². The Morgan fingerprint density at radius 1 is 1.29 bits per heavy atom. The molecule has 0 saturated carbocycles. The molecule has 0 spiro atoms. The Balaban J connectivity index is 1.84. The molecule has 1 fully saturated rings. The molecule has 1 amide bonds. The number of rotatable bonds is 2. The van der Waals surface area contributed by atoms with Crippen LogP contribution in [0, 0.1) is 11.8 Å². The van der Waals surface area contributed by atoms with Crippen LogP contribution in [0.4, 0.5) is 0 Å². The Morgan fingerprint density at radius 3 is 2.86 bits per heavy atom. The lowest BCUT2D eigenvalue weighted by molar-refractivity contribution is -0.143. The number of hydrogen-bond donors (Lipinski definition) is 1. The monoisotopic (exact) mass is 303 g/mol. The van der Waals surface area contributed by atoms with E-state index in [1.165, 1.54) is 0 Å². The Hall–Kier alpha value is -1.88. The van der Waals surface area contributed by atoms with Gasteiger partial charge in [-0.25, -0.2) is 0 Å². The summed E-state index contributed by atoms with van der Waals surface area (Å²) >= 11 is 1.65. The first kappa shape index (κ1) is 14.1. The lowest BCUT2D eigenvalue weighted by Gasteiger charge is -2.34. The van der Waals surface area contributed by atoms with E-state index in [9.17, 15) is 14.7 Å². The molecular weight excluding hydrogens is 286 g/mol. The first-order valence-electron chi connectivity index (χ1n) is 7.04. The fraction of sp³-hybridized carbons (Fsp3) is 0.375. The third-order valence-electron chi connectivity index (χ3n) is 4.00. The van der Waals surface area contributed by atoms with E-state index in [1.807, 2.05) is 36.6 Å². The maximum atomic E-state index is 12.6. The van der Waals surface area contributed by atoms with Gasteiger partial charge in [0.1, 0.15) is 0 Å². The number of thiophene rings is 1. The van der Waals surface area contributed by atoms with Crippen LogP contribution in [0.2, 0.25) is 0 Å². The highest BCUT2D eigenvalue weighted by Crippen LogP contribution is 2.26. The number of likely N-dealkylation sites (tertiary alicyclic amines) is 1. The van der Waals surface area contributed by atoms with Crippen molar-refractivity contribution in [3.05, 3.63) is 35.2 Å². The third kappa shape index (κ3) is 2.78. The number of amides is 1. The van der Waals surface area contributed by atoms with Crippen molar-refractivity contribution < 1.29 is 14.7 Å². The number of carbonyl (C=O) groups is 2. The van der Waals surface area contributed by atoms with Crippen LogP contribution < -0.4 is 0 Å². The lowest BCUT2D eigenvalue weighted by atomic mass is 9.90. The number of carboxylic acid groups (broad SMARTS) is 1. The van der Waals surface area contributed by atoms with Gasteiger partial charge in [0, 0.05) is 23.4 Å². The molecule has 2 aromatic rings. The molecule has 21 heavy (non-hydrogen) atoms. The van der Waals surface area contributed by atoms with Crippen molar-refractivity contribution in [2.75, 3.05) is 13.1 Å². The summed E-state index contributed by atoms with van der Waals surface area (Å²) in [6.45, 7) is 2.93. The molecule has 3 rings (SSSR count). The minimum atomic E-state index is -0.812. The van der Waals surface area contributed by atoms with Crippen molar-refractivity contribution in [3.8, 4) is 0 Å². The molecule has 0 radical (unpaired) electrons. The summed E-state index contributed by atoms with van der Waals surface area (Å²) in [5, 5.41) is 12.3. The zero-order valence-corrected chi connectivity index (χ0v) is 12.6. The molecule has 2 heterocycles. The maximum absolute atomic E-state index is 12.6. The Morgan fingerprint density at radius 2 is 2.10 bits per heavy atom. The van der Waals surface area contributed by atoms with Gasteiger partial charge in [-0.05, 0) is 47.4 Å². The van der Waals surface area contributed by atoms with Crippen molar-refractivity contribution in [2.24, 2.45) is 11.8 Å². The number of fused-ring (bicyclic) bond motifs is 1. The van der Waals surface area contributed by atoms with E-state index < -0.39 is 11.9 Å². The Labute approximate surface area is 127 Å². The zero-order chi connectivity index (χ0) is 15.0. The number of piperidine rings is 1. The molecule has 2 atom stereocenters. The summed E-state index contributed by atoms with van der Waals surface area (Å²) in [5.74, 6) is -1.12. The number of aliphatic carboxylic acids is 1. The van der Waals surface area contributed by atoms with Crippen molar-refractivity contribution in [1.82, 2.24) is 4.90 Å². The van der Waals surface area contributed by atoms with Gasteiger partial charge in [0.25, 0.3) is 5.91 Å². The van der Waals surface area contributed by atoms with Gasteiger partial charge in [-0.15, -0.1) is 11.3 Å². The smallest absolute Gasteiger partial charge is 0.308 e. The van der Waals surface area contributed by atoms with E-state index >= 15 is 0 Å². The van der Waals surface area contributed by atoms with E-state index in [-0.39, 0.29) is 11.8 Å². The Bertz CT molecular complexity index is 694. The van der Waals surface area contributed by atoms with Crippen molar-refractivity contribution in [1.29, 1.82) is 0 Å². The highest BCUT2D eigenvalue weighted by molar-refractivity contribution is 7.17. The SMILES string of the molecule is CC1CC(C(=O)O)CN(C(=O)c2ccc3sccc3c2)C1. The predicted molar refractivity (Wildman–Crippen MR) is 82.6 cm³/mol. The minimum Gasteiger partial charge on any atom is -0.481 e. The van der Waals surface area contributed by atoms with Gasteiger partial charge in [-0.1, -0.05) is 6.92 Å². The largest absolute Gasteiger partial charge is 0.481 e. The molecule has 1 aromatic heterocycles. The summed E-state index contributed by atoms with van der Waals surface area (Å²) in [5.41, 5.74) is 0.638. The van der Waals surface area contributed by atoms with Crippen LogP contribution in [-0.2, 0) is 4.79 Å². The molecule has 1 aromatic carbocycles. The van der Waals surface area contributed by atoms with Crippen molar-refractivity contribution in [2.45, 2.75) is 13.3 Å². The van der Waals surface area contributed by atoms with Crippen LogP contribution in [0.1, 0.15) is 23.7 Å². The second kappa shape index (κ2) is 5.48. The number of carbonyl (C=O) groups excluding carboxylic acids is 1. The molecule has 2 unspecified atom stereocenters. The van der Waals surface area contributed by atoms with E-state index in [2.05, 4.69) is 0 Å². The summed E-state index contributed by atoms with van der Waals surface area (Å²) in [4.78, 5) is 25.5. The summed E-state index contributed by atoms with van der Waals surface area (Å²) in [6.07, 6.45) is 0.642. The molecule has 0 aliphatic carbocycles. The van der Waals surface area contributed by atoms with Crippen LogP contribution in [0.3, 0.4) is 0 Å². The fourth-order valence-electron chi connectivity index (χ4n) is 2.98. The average Bonchev–Trinajstić information content (AvgIpc) is 2.93. The maximum Gasteiger partial charge on any atom is 0.308 e. The molecule has 1 saturated heterocycles. The van der Waals surface area contributed by atoms with Gasteiger partial charge in [-0.2, -0.15) is 0 Å². The summed E-state index contributed by atoms with van der Waals surface area (Å²) in [7, 11) is 0. The minimum absolute atomic E-state index is 0.0686. The second-order valence-electron chi connectivity index (χ2n) is 5.76. The fourth-order valence-corrected chi connectivity index (χ4v) is 3.75. The average molecular weight is 303 g/mol. The highest BCUT2D eigenvalue weighted by Gasteiger charge is 2.32. The lowest BCUT2D eigenvalue weighted by Crippen LogP contribution is -2.45. The van der Waals surface area contributed by atoms with Crippen LogP contribution in [0.5, 0.6) is 0 Å². The highest BCUT2D eigenvalue weighted by atomic mass is 32.1. The van der Waals surface area contributed by atoms with Gasteiger partial charge in [0.15, 0.2) is 0 Å². The van der Waals surface area contributed by atoms with E-state index in [0.29, 0.717) is 25.1 Å². The van der Waals surface area contributed by atoms with Gasteiger partial charge >= 0.3 is 5.97 Å². The van der Waals surface area contributed by atoms with Crippen LogP contribution in [0.25, 0.3) is 10.1 Å². The van der Waals surface area contributed by atoms with E-state index in [0.717, 1.165) is 10.1 Å². The molecular formula is C16H17NO3S. The van der Waals surface area contributed by atoms with Gasteiger partial charge < -0.3 is 10.0 Å². The van der Waals surface area contributed by atoms with E-state index in [1.54, 1.807) is 16.2 Å². The van der Waals surface area contributed by atoms with Crippen molar-refractivity contribution in [3.63, 3.8) is 0 Å². The zero-order valence-electron chi connectivity index (χ0n) is 11.8. The van der Waals surface area contributed by atoms with E-state index in [4.69, 9.17) is 0 Å². The molecule has 0 bridgehead atoms. The standard InChI is InChI=1S/C16H17NO3S/c1-10-6-13(16(19)20)9-17(8-10)15(18)12-2-3-14-11(7-12)4-5-21-14/h2-5,7,10,13H,6,8-9H2,1H3,(H,19,20). The van der Waals surface area contributed by atoms with Gasteiger partial charge in [0.05, 0.1) is 5.92 Å². The summed E-state index contributed by atoms with van der Waals surface area (Å²) in [6, 6.07) is 7.67. The number of nitrogens with zero attached hydrogens (tertiary/aromatic N) is 1.